The van der Waals surface area contributed by atoms with E-state index < -0.39 is 5.97 Å². The number of esters is 1. The van der Waals surface area contributed by atoms with E-state index in [0.717, 1.165) is 36.4 Å². The molecule has 1 fully saturated rings. The van der Waals surface area contributed by atoms with Gasteiger partial charge in [-0.15, -0.1) is 0 Å². The minimum Gasteiger partial charge on any atom is -0.468 e. The molecule has 1 unspecified atom stereocenters. The SMILES string of the molecule is CCn1c(CC2CCN(C(=O)NCC(=O)OC)C2)nc2cccnc21. The Labute approximate surface area is 146 Å². The molecule has 1 atom stereocenters. The molecule has 2 aromatic rings. The van der Waals surface area contributed by atoms with Crippen molar-refractivity contribution in [1.82, 2.24) is 24.8 Å². The van der Waals surface area contributed by atoms with Crippen molar-refractivity contribution >= 4 is 23.2 Å². The smallest absolute Gasteiger partial charge is 0.325 e. The van der Waals surface area contributed by atoms with Crippen LogP contribution < -0.4 is 5.32 Å². The van der Waals surface area contributed by atoms with Gasteiger partial charge in [0, 0.05) is 32.3 Å². The van der Waals surface area contributed by atoms with E-state index in [-0.39, 0.29) is 12.6 Å². The molecule has 3 rings (SSSR count). The Morgan fingerprint density at radius 1 is 1.44 bits per heavy atom. The zero-order chi connectivity index (χ0) is 17.8. The number of nitrogens with one attached hydrogen (secondary N) is 1. The van der Waals surface area contributed by atoms with Crippen LogP contribution in [-0.4, -0.2) is 58.2 Å². The van der Waals surface area contributed by atoms with Crippen molar-refractivity contribution in [2.75, 3.05) is 26.7 Å². The summed E-state index contributed by atoms with van der Waals surface area (Å²) < 4.78 is 6.66. The maximum Gasteiger partial charge on any atom is 0.325 e. The molecule has 0 aromatic carbocycles. The second-order valence-electron chi connectivity index (χ2n) is 6.16. The Morgan fingerprint density at radius 3 is 3.04 bits per heavy atom. The normalized spacial score (nSPS) is 17.0. The highest BCUT2D eigenvalue weighted by Gasteiger charge is 2.28. The monoisotopic (exact) mass is 345 g/mol. The van der Waals surface area contributed by atoms with Crippen molar-refractivity contribution in [3.8, 4) is 0 Å². The number of pyridine rings is 1. The lowest BCUT2D eigenvalue weighted by molar-refractivity contribution is -0.139. The van der Waals surface area contributed by atoms with E-state index in [1.807, 2.05) is 12.1 Å². The number of urea groups is 1. The van der Waals surface area contributed by atoms with E-state index in [2.05, 4.69) is 26.5 Å². The lowest BCUT2D eigenvalue weighted by Crippen LogP contribution is -2.41. The third-order valence-electron chi connectivity index (χ3n) is 4.55. The van der Waals surface area contributed by atoms with Crippen LogP contribution in [0.1, 0.15) is 19.2 Å². The van der Waals surface area contributed by atoms with Crippen LogP contribution in [0.2, 0.25) is 0 Å². The first-order chi connectivity index (χ1) is 12.1. The summed E-state index contributed by atoms with van der Waals surface area (Å²) in [7, 11) is 1.30. The summed E-state index contributed by atoms with van der Waals surface area (Å²) in [6, 6.07) is 3.64. The molecule has 25 heavy (non-hydrogen) atoms. The summed E-state index contributed by atoms with van der Waals surface area (Å²) in [6.07, 6.45) is 3.51. The van der Waals surface area contributed by atoms with E-state index in [9.17, 15) is 9.59 Å². The van der Waals surface area contributed by atoms with Gasteiger partial charge in [-0.2, -0.15) is 0 Å². The fourth-order valence-electron chi connectivity index (χ4n) is 3.27. The molecule has 8 heteroatoms. The summed E-state index contributed by atoms with van der Waals surface area (Å²) in [5.41, 5.74) is 1.82. The number of aromatic nitrogens is 3. The van der Waals surface area contributed by atoms with Gasteiger partial charge in [0.15, 0.2) is 5.65 Å². The molecule has 2 aromatic heterocycles. The Kier molecular flexibility index (Phi) is 5.16. The summed E-state index contributed by atoms with van der Waals surface area (Å²) in [6.45, 7) is 4.14. The van der Waals surface area contributed by atoms with E-state index in [1.54, 1.807) is 11.1 Å². The highest BCUT2D eigenvalue weighted by Crippen LogP contribution is 2.22. The Morgan fingerprint density at radius 2 is 2.28 bits per heavy atom. The van der Waals surface area contributed by atoms with E-state index in [1.165, 1.54) is 7.11 Å². The summed E-state index contributed by atoms with van der Waals surface area (Å²) in [5.74, 6) is 0.914. The summed E-state index contributed by atoms with van der Waals surface area (Å²) >= 11 is 0. The molecule has 8 nitrogen and oxygen atoms in total. The zero-order valence-corrected chi connectivity index (χ0v) is 14.6. The van der Waals surface area contributed by atoms with Crippen molar-refractivity contribution in [2.24, 2.45) is 5.92 Å². The van der Waals surface area contributed by atoms with Crippen molar-refractivity contribution < 1.29 is 14.3 Å². The van der Waals surface area contributed by atoms with Crippen LogP contribution in [0.25, 0.3) is 11.2 Å². The predicted octanol–water partition coefficient (Wildman–Crippen LogP) is 1.20. The van der Waals surface area contributed by atoms with Crippen LogP contribution in [0, 0.1) is 5.92 Å². The van der Waals surface area contributed by atoms with Gasteiger partial charge < -0.3 is 19.5 Å². The lowest BCUT2D eigenvalue weighted by Gasteiger charge is -2.17. The molecule has 1 saturated heterocycles. The minimum atomic E-state index is -0.451. The first-order valence-electron chi connectivity index (χ1n) is 8.52. The molecule has 3 heterocycles. The number of likely N-dealkylation sites (tertiary alicyclic amines) is 1. The second-order valence-corrected chi connectivity index (χ2v) is 6.16. The van der Waals surface area contributed by atoms with Crippen LogP contribution in [0.4, 0.5) is 4.79 Å². The molecule has 1 N–H and O–H groups in total. The minimum absolute atomic E-state index is 0.103. The molecule has 0 spiro atoms. The van der Waals surface area contributed by atoms with E-state index in [0.29, 0.717) is 19.0 Å². The molecule has 0 saturated carbocycles. The van der Waals surface area contributed by atoms with Crippen LogP contribution in [0.3, 0.4) is 0 Å². The van der Waals surface area contributed by atoms with Crippen LogP contribution in [0.5, 0.6) is 0 Å². The van der Waals surface area contributed by atoms with Crippen molar-refractivity contribution in [2.45, 2.75) is 26.3 Å². The Hall–Kier alpha value is -2.64. The number of hydrogen-bond acceptors (Lipinski definition) is 5. The summed E-state index contributed by atoms with van der Waals surface area (Å²) in [4.78, 5) is 34.1. The maximum atomic E-state index is 12.1. The van der Waals surface area contributed by atoms with Gasteiger partial charge >= 0.3 is 12.0 Å². The summed E-state index contributed by atoms with van der Waals surface area (Å²) in [5, 5.41) is 2.59. The fraction of sp³-hybridized carbons (Fsp3) is 0.529. The molecular weight excluding hydrogens is 322 g/mol. The second kappa shape index (κ2) is 7.50. The number of methoxy groups -OCH3 is 1. The largest absolute Gasteiger partial charge is 0.468 e. The average Bonchev–Trinajstić information content (AvgIpc) is 3.23. The third kappa shape index (κ3) is 3.72. The van der Waals surface area contributed by atoms with Gasteiger partial charge in [0.2, 0.25) is 0 Å². The molecular formula is C17H23N5O3. The number of amides is 2. The number of imidazole rings is 1. The number of carbonyl (C=O) groups is 2. The highest BCUT2D eigenvalue weighted by atomic mass is 16.5. The average molecular weight is 345 g/mol. The van der Waals surface area contributed by atoms with Crippen molar-refractivity contribution in [3.05, 3.63) is 24.2 Å². The van der Waals surface area contributed by atoms with Gasteiger partial charge in [-0.1, -0.05) is 0 Å². The topological polar surface area (TPSA) is 89.4 Å². The van der Waals surface area contributed by atoms with Gasteiger partial charge in [-0.25, -0.2) is 14.8 Å². The van der Waals surface area contributed by atoms with Gasteiger partial charge in [0.25, 0.3) is 0 Å². The Balaban J connectivity index is 1.62. The standard InChI is InChI=1S/C17H23N5O3/c1-3-22-14(20-13-5-4-7-18-16(13)22)9-12-6-8-21(11-12)17(24)19-10-15(23)25-2/h4-5,7,12H,3,6,8-11H2,1-2H3,(H,19,24). The molecule has 2 amide bonds. The van der Waals surface area contributed by atoms with Crippen LogP contribution in [0.15, 0.2) is 18.3 Å². The maximum absolute atomic E-state index is 12.1. The number of carbonyl (C=O) groups excluding carboxylic acids is 2. The molecule has 0 bridgehead atoms. The first-order valence-corrected chi connectivity index (χ1v) is 8.52. The van der Waals surface area contributed by atoms with Crippen LogP contribution >= 0.6 is 0 Å². The van der Waals surface area contributed by atoms with Crippen LogP contribution in [-0.2, 0) is 22.5 Å². The lowest BCUT2D eigenvalue weighted by atomic mass is 10.0. The number of hydrogen-bond donors (Lipinski definition) is 1. The quantitative estimate of drug-likeness (QED) is 0.823. The Bertz CT molecular complexity index is 773. The predicted molar refractivity (Wildman–Crippen MR) is 92.0 cm³/mol. The molecule has 1 aliphatic heterocycles. The number of ether oxygens (including phenoxy) is 1. The fourth-order valence-corrected chi connectivity index (χ4v) is 3.27. The third-order valence-corrected chi connectivity index (χ3v) is 4.55. The molecule has 0 radical (unpaired) electrons. The first kappa shape index (κ1) is 17.2. The van der Waals surface area contributed by atoms with Gasteiger partial charge in [-0.05, 0) is 31.4 Å². The number of rotatable bonds is 5. The number of fused-ring (bicyclic) bond motifs is 1. The number of aryl methyl sites for hydroxylation is 1. The molecule has 1 aliphatic rings. The van der Waals surface area contributed by atoms with E-state index in [4.69, 9.17) is 4.98 Å². The van der Waals surface area contributed by atoms with Gasteiger partial charge in [-0.3, -0.25) is 4.79 Å². The van der Waals surface area contributed by atoms with Crippen molar-refractivity contribution in [3.63, 3.8) is 0 Å². The van der Waals surface area contributed by atoms with Gasteiger partial charge in [0.05, 0.1) is 7.11 Å². The molecule has 0 aliphatic carbocycles. The van der Waals surface area contributed by atoms with Gasteiger partial charge in [0.1, 0.15) is 17.9 Å². The zero-order valence-electron chi connectivity index (χ0n) is 14.6. The highest BCUT2D eigenvalue weighted by molar-refractivity contribution is 5.80. The van der Waals surface area contributed by atoms with Crippen molar-refractivity contribution in [1.29, 1.82) is 0 Å². The van der Waals surface area contributed by atoms with E-state index >= 15 is 0 Å². The number of nitrogens with zero attached hydrogens (tertiary/aromatic N) is 4. The molecule has 134 valence electrons.